The van der Waals surface area contributed by atoms with Crippen molar-refractivity contribution in [3.63, 3.8) is 0 Å². The van der Waals surface area contributed by atoms with Gasteiger partial charge >= 0.3 is 6.36 Å². The van der Waals surface area contributed by atoms with Crippen LogP contribution in [0.15, 0.2) is 60.2 Å². The maximum absolute atomic E-state index is 12.3. The highest BCUT2D eigenvalue weighted by molar-refractivity contribution is 7.10. The van der Waals surface area contributed by atoms with Crippen LogP contribution in [0.2, 0.25) is 0 Å². The molecule has 26 heavy (non-hydrogen) atoms. The minimum absolute atomic E-state index is 0.165. The first-order valence-electron chi connectivity index (χ1n) is 7.59. The smallest absolute Gasteiger partial charge is 0.406 e. The summed E-state index contributed by atoms with van der Waals surface area (Å²) in [5.74, 6) is -0.765. The quantitative estimate of drug-likeness (QED) is 0.705. The summed E-state index contributed by atoms with van der Waals surface area (Å²) in [4.78, 5) is 13.3. The number of hydrogen-bond acceptors (Lipinski definition) is 4. The van der Waals surface area contributed by atoms with Gasteiger partial charge in [-0.1, -0.05) is 6.07 Å². The van der Waals surface area contributed by atoms with Crippen molar-refractivity contribution < 1.29 is 22.7 Å². The lowest BCUT2D eigenvalue weighted by molar-refractivity contribution is -0.274. The number of aromatic nitrogens is 2. The van der Waals surface area contributed by atoms with Gasteiger partial charge in [-0.3, -0.25) is 9.48 Å². The molecule has 0 fully saturated rings. The van der Waals surface area contributed by atoms with Crippen LogP contribution in [0.3, 0.4) is 0 Å². The Hall–Kier alpha value is -2.81. The number of thiophene rings is 1. The van der Waals surface area contributed by atoms with Gasteiger partial charge in [-0.05, 0) is 41.8 Å². The third-order valence-electron chi connectivity index (χ3n) is 3.52. The molecule has 1 aromatic carbocycles. The van der Waals surface area contributed by atoms with Gasteiger partial charge in [-0.2, -0.15) is 5.10 Å². The molecule has 9 heteroatoms. The molecule has 1 atom stereocenters. The summed E-state index contributed by atoms with van der Waals surface area (Å²) in [7, 11) is 0. The summed E-state index contributed by atoms with van der Waals surface area (Å²) in [5, 5.41) is 8.94. The van der Waals surface area contributed by atoms with Crippen LogP contribution in [0, 0.1) is 0 Å². The average molecular weight is 381 g/mol. The van der Waals surface area contributed by atoms with Crippen molar-refractivity contribution in [3.05, 3.63) is 70.7 Å². The van der Waals surface area contributed by atoms with Gasteiger partial charge in [-0.15, -0.1) is 24.5 Å². The van der Waals surface area contributed by atoms with E-state index in [0.717, 1.165) is 17.0 Å². The zero-order chi connectivity index (χ0) is 18.6. The molecule has 3 aromatic rings. The Balaban J connectivity index is 1.65. The number of halogens is 3. The highest BCUT2D eigenvalue weighted by Crippen LogP contribution is 2.24. The number of alkyl halides is 3. The summed E-state index contributed by atoms with van der Waals surface area (Å²) >= 11 is 1.55. The Bertz CT molecular complexity index is 797. The Morgan fingerprint density at radius 1 is 1.23 bits per heavy atom. The molecule has 0 aliphatic rings. The summed E-state index contributed by atoms with van der Waals surface area (Å²) in [5.41, 5.74) is 0.241. The molecule has 0 aliphatic heterocycles. The highest BCUT2D eigenvalue weighted by Gasteiger charge is 2.31. The summed E-state index contributed by atoms with van der Waals surface area (Å²) in [6.45, 7) is 0.293. The van der Waals surface area contributed by atoms with Crippen molar-refractivity contribution in [2.45, 2.75) is 12.4 Å². The molecule has 1 amide bonds. The molecule has 3 rings (SSSR count). The number of nitrogens with one attached hydrogen (secondary N) is 1. The third-order valence-corrected chi connectivity index (χ3v) is 4.50. The van der Waals surface area contributed by atoms with Crippen LogP contribution in [0.4, 0.5) is 13.2 Å². The predicted molar refractivity (Wildman–Crippen MR) is 90.1 cm³/mol. The fourth-order valence-electron chi connectivity index (χ4n) is 2.37. The Morgan fingerprint density at radius 2 is 2.00 bits per heavy atom. The standard InChI is InChI=1S/C17H14F3N3O2S/c18-17(19,20)25-13-6-4-12(5-7-13)16(24)21-11-14(15-3-1-10-26-15)23-9-2-8-22-23/h1-10,14H,11H2,(H,21,24)/t14-/m1/s1. The van der Waals surface area contributed by atoms with Crippen molar-refractivity contribution in [2.24, 2.45) is 0 Å². The van der Waals surface area contributed by atoms with E-state index in [1.807, 2.05) is 17.5 Å². The van der Waals surface area contributed by atoms with Crippen LogP contribution >= 0.6 is 11.3 Å². The van der Waals surface area contributed by atoms with Crippen LogP contribution in [0.5, 0.6) is 5.75 Å². The molecule has 0 aliphatic carbocycles. The van der Waals surface area contributed by atoms with E-state index in [-0.39, 0.29) is 17.4 Å². The van der Waals surface area contributed by atoms with Gasteiger partial charge in [0.15, 0.2) is 0 Å². The fourth-order valence-corrected chi connectivity index (χ4v) is 3.19. The van der Waals surface area contributed by atoms with Crippen LogP contribution in [-0.4, -0.2) is 28.6 Å². The Labute approximate surface area is 151 Å². The molecule has 0 spiro atoms. The fraction of sp³-hybridized carbons (Fsp3) is 0.176. The summed E-state index contributed by atoms with van der Waals surface area (Å²) < 4.78 is 42.0. The molecule has 5 nitrogen and oxygen atoms in total. The first kappa shape index (κ1) is 18.0. The van der Waals surface area contributed by atoms with Crippen molar-refractivity contribution >= 4 is 17.2 Å². The first-order chi connectivity index (χ1) is 12.4. The minimum atomic E-state index is -4.76. The molecule has 0 bridgehead atoms. The largest absolute Gasteiger partial charge is 0.573 e. The number of nitrogens with zero attached hydrogens (tertiary/aromatic N) is 2. The maximum Gasteiger partial charge on any atom is 0.573 e. The SMILES string of the molecule is O=C(NC[C@H](c1cccs1)n1cccn1)c1ccc(OC(F)(F)F)cc1. The molecule has 0 radical (unpaired) electrons. The van der Waals surface area contributed by atoms with Crippen molar-refractivity contribution in [2.75, 3.05) is 6.54 Å². The van der Waals surface area contributed by atoms with Gasteiger partial charge in [0.2, 0.25) is 0 Å². The van der Waals surface area contributed by atoms with Gasteiger partial charge in [0.05, 0.1) is 0 Å². The van der Waals surface area contributed by atoms with Gasteiger partial charge in [-0.25, -0.2) is 0 Å². The van der Waals surface area contributed by atoms with Crippen molar-refractivity contribution in [1.82, 2.24) is 15.1 Å². The number of benzene rings is 1. The molecular formula is C17H14F3N3O2S. The molecule has 0 saturated heterocycles. The van der Waals surface area contributed by atoms with E-state index in [4.69, 9.17) is 0 Å². The number of hydrogen-bond donors (Lipinski definition) is 1. The number of rotatable bonds is 6. The van der Waals surface area contributed by atoms with E-state index in [2.05, 4.69) is 15.2 Å². The van der Waals surface area contributed by atoms with E-state index in [9.17, 15) is 18.0 Å². The lowest BCUT2D eigenvalue weighted by Crippen LogP contribution is -2.31. The molecule has 0 unspecified atom stereocenters. The second-order valence-corrected chi connectivity index (χ2v) is 6.28. The third kappa shape index (κ3) is 4.63. The number of amides is 1. The first-order valence-corrected chi connectivity index (χ1v) is 8.47. The van der Waals surface area contributed by atoms with Crippen LogP contribution in [0.25, 0.3) is 0 Å². The lowest BCUT2D eigenvalue weighted by atomic mass is 10.2. The van der Waals surface area contributed by atoms with Gasteiger partial charge in [0.25, 0.3) is 5.91 Å². The molecule has 136 valence electrons. The van der Waals surface area contributed by atoms with Crippen molar-refractivity contribution in [1.29, 1.82) is 0 Å². The Kier molecular flexibility index (Phi) is 5.27. The average Bonchev–Trinajstić information content (AvgIpc) is 3.28. The second-order valence-electron chi connectivity index (χ2n) is 5.30. The molecule has 2 aromatic heterocycles. The zero-order valence-corrected chi connectivity index (χ0v) is 14.1. The van der Waals surface area contributed by atoms with Crippen LogP contribution < -0.4 is 10.1 Å². The van der Waals surface area contributed by atoms with E-state index in [1.165, 1.54) is 12.1 Å². The Morgan fingerprint density at radius 3 is 2.58 bits per heavy atom. The minimum Gasteiger partial charge on any atom is -0.406 e. The van der Waals surface area contributed by atoms with Gasteiger partial charge in [0, 0.05) is 29.4 Å². The lowest BCUT2D eigenvalue weighted by Gasteiger charge is -2.17. The predicted octanol–water partition coefficient (Wildman–Crippen LogP) is 3.86. The second kappa shape index (κ2) is 7.61. The van der Waals surface area contributed by atoms with E-state index < -0.39 is 12.3 Å². The van der Waals surface area contributed by atoms with Gasteiger partial charge in [0.1, 0.15) is 11.8 Å². The highest BCUT2D eigenvalue weighted by atomic mass is 32.1. The molecule has 1 N–H and O–H groups in total. The van der Waals surface area contributed by atoms with Crippen LogP contribution in [-0.2, 0) is 0 Å². The zero-order valence-electron chi connectivity index (χ0n) is 13.3. The van der Waals surface area contributed by atoms with E-state index >= 15 is 0 Å². The van der Waals surface area contributed by atoms with E-state index in [1.54, 1.807) is 34.5 Å². The van der Waals surface area contributed by atoms with Gasteiger partial charge < -0.3 is 10.1 Å². The molecule has 2 heterocycles. The number of ether oxygens (including phenoxy) is 1. The molecule has 0 saturated carbocycles. The number of carbonyl (C=O) groups is 1. The number of carbonyl (C=O) groups excluding carboxylic acids is 1. The topological polar surface area (TPSA) is 56.2 Å². The normalized spacial score (nSPS) is 12.6. The van der Waals surface area contributed by atoms with E-state index in [0.29, 0.717) is 6.54 Å². The summed E-state index contributed by atoms with van der Waals surface area (Å²) in [6, 6.07) is 10.3. The monoisotopic (exact) mass is 381 g/mol. The van der Waals surface area contributed by atoms with Crippen molar-refractivity contribution in [3.8, 4) is 5.75 Å². The molecular weight excluding hydrogens is 367 g/mol. The van der Waals surface area contributed by atoms with Crippen LogP contribution in [0.1, 0.15) is 21.3 Å². The maximum atomic E-state index is 12.3. The summed E-state index contributed by atoms with van der Waals surface area (Å²) in [6.07, 6.45) is -1.30.